The minimum atomic E-state index is -0.302. The molecule has 2 amide bonds. The minimum Gasteiger partial charge on any atom is -0.492 e. The third-order valence-corrected chi connectivity index (χ3v) is 6.61. The first kappa shape index (κ1) is 21.1. The molecule has 2 N–H and O–H groups in total. The van der Waals surface area contributed by atoms with Gasteiger partial charge in [-0.1, -0.05) is 43.5 Å². The smallest absolute Gasteiger partial charge is 0.319 e. The van der Waals surface area contributed by atoms with Crippen LogP contribution in [0.15, 0.2) is 55.0 Å². The van der Waals surface area contributed by atoms with Crippen molar-refractivity contribution in [3.63, 3.8) is 0 Å². The maximum atomic E-state index is 12.6. The second kappa shape index (κ2) is 9.37. The summed E-state index contributed by atoms with van der Waals surface area (Å²) >= 11 is 0. The first-order valence-electron chi connectivity index (χ1n) is 11.6. The fraction of sp³-hybridized carbons (Fsp3) is 0.346. The second-order valence-electron chi connectivity index (χ2n) is 8.76. The Bertz CT molecular complexity index is 1190. The highest BCUT2D eigenvalue weighted by Crippen LogP contribution is 2.38. The highest BCUT2D eigenvalue weighted by Gasteiger charge is 2.28. The normalized spacial score (nSPS) is 17.0. The van der Waals surface area contributed by atoms with Crippen molar-refractivity contribution in [1.82, 2.24) is 14.9 Å². The summed E-state index contributed by atoms with van der Waals surface area (Å²) in [5.74, 6) is 1.06. The van der Waals surface area contributed by atoms with Gasteiger partial charge in [-0.05, 0) is 36.5 Å². The molecule has 33 heavy (non-hydrogen) atoms. The summed E-state index contributed by atoms with van der Waals surface area (Å²) in [6, 6.07) is 15.2. The molecule has 0 bridgehead atoms. The lowest BCUT2D eigenvalue weighted by molar-refractivity contribution is 0.208. The Kier molecular flexibility index (Phi) is 5.99. The number of anilines is 1. The zero-order chi connectivity index (χ0) is 22.6. The van der Waals surface area contributed by atoms with Crippen LogP contribution in [0.1, 0.15) is 49.3 Å². The van der Waals surface area contributed by atoms with E-state index < -0.39 is 0 Å². The average molecular weight is 442 g/mol. The number of benzene rings is 2. The van der Waals surface area contributed by atoms with Crippen LogP contribution in [0, 0.1) is 17.2 Å². The van der Waals surface area contributed by atoms with E-state index >= 15 is 0 Å². The maximum Gasteiger partial charge on any atom is 0.319 e. The quantitative estimate of drug-likeness (QED) is 0.556. The summed E-state index contributed by atoms with van der Waals surface area (Å²) in [5, 5.41) is 15.3. The van der Waals surface area contributed by atoms with Gasteiger partial charge in [-0.15, -0.1) is 0 Å². The fourth-order valence-corrected chi connectivity index (χ4v) is 4.88. The van der Waals surface area contributed by atoms with Crippen LogP contribution in [0.3, 0.4) is 0 Å². The van der Waals surface area contributed by atoms with Gasteiger partial charge in [0, 0.05) is 23.9 Å². The number of aromatic nitrogens is 2. The molecule has 1 unspecified atom stereocenters. The summed E-state index contributed by atoms with van der Waals surface area (Å²) in [6.07, 6.45) is 9.78. The molecule has 1 fully saturated rings. The zero-order valence-electron chi connectivity index (χ0n) is 18.5. The van der Waals surface area contributed by atoms with Gasteiger partial charge < -0.3 is 19.9 Å². The first-order chi connectivity index (χ1) is 16.2. The second-order valence-corrected chi connectivity index (χ2v) is 8.76. The van der Waals surface area contributed by atoms with Crippen molar-refractivity contribution in [2.75, 3.05) is 18.5 Å². The molecule has 5 rings (SSSR count). The Morgan fingerprint density at radius 1 is 1.18 bits per heavy atom. The molecule has 2 heterocycles. The number of rotatable bonds is 6. The summed E-state index contributed by atoms with van der Waals surface area (Å²) in [6.45, 7) is 1.05. The van der Waals surface area contributed by atoms with Gasteiger partial charge in [0.15, 0.2) is 0 Å². The third-order valence-electron chi connectivity index (χ3n) is 6.61. The molecular weight excluding hydrogens is 414 g/mol. The van der Waals surface area contributed by atoms with Crippen LogP contribution in [-0.2, 0) is 0 Å². The van der Waals surface area contributed by atoms with Crippen LogP contribution in [0.25, 0.3) is 11.3 Å². The summed E-state index contributed by atoms with van der Waals surface area (Å²) in [4.78, 5) is 16.9. The Balaban J connectivity index is 1.22. The number of amides is 2. The number of fused-ring (bicyclic) bond motifs is 3. The summed E-state index contributed by atoms with van der Waals surface area (Å²) in [5.41, 5.74) is 4.46. The molecule has 3 aromatic rings. The van der Waals surface area contributed by atoms with Crippen molar-refractivity contribution < 1.29 is 9.53 Å². The number of hydrogen-bond acceptors (Lipinski definition) is 4. The number of nitrogens with one attached hydrogen (secondary N) is 2. The standard InChI is InChI=1S/C26H27N5O2/c27-13-19-10-11-20(12-25(19)33-16-18-6-2-1-3-7-18)30-26(32)29-15-24-22-9-5-4-8-21(22)23-14-28-17-31(23)24/h4-5,8-12,14,17-18,24H,1-3,6-7,15-16H2,(H2,29,30,32). The van der Waals surface area contributed by atoms with E-state index in [2.05, 4.69) is 38.4 Å². The molecule has 2 aromatic carbocycles. The molecular formula is C26H27N5O2. The lowest BCUT2D eigenvalue weighted by atomic mass is 9.90. The van der Waals surface area contributed by atoms with Gasteiger partial charge in [0.25, 0.3) is 0 Å². The molecule has 1 aliphatic heterocycles. The average Bonchev–Trinajstić information content (AvgIpc) is 3.44. The lowest BCUT2D eigenvalue weighted by Crippen LogP contribution is -2.33. The van der Waals surface area contributed by atoms with Gasteiger partial charge in [-0.25, -0.2) is 9.78 Å². The molecule has 0 spiro atoms. The largest absolute Gasteiger partial charge is 0.492 e. The summed E-state index contributed by atoms with van der Waals surface area (Å²) < 4.78 is 8.08. The van der Waals surface area contributed by atoms with Gasteiger partial charge in [-0.3, -0.25) is 0 Å². The lowest BCUT2D eigenvalue weighted by Gasteiger charge is -2.22. The number of ether oxygens (including phenoxy) is 1. The molecule has 1 atom stereocenters. The molecule has 2 aliphatic rings. The number of nitriles is 1. The SMILES string of the molecule is N#Cc1ccc(NC(=O)NCC2c3ccccc3-c3cncn32)cc1OCC1CCCCC1. The predicted molar refractivity (Wildman–Crippen MR) is 126 cm³/mol. The van der Waals surface area contributed by atoms with Crippen LogP contribution in [0.2, 0.25) is 0 Å². The van der Waals surface area contributed by atoms with Gasteiger partial charge in [0.2, 0.25) is 0 Å². The van der Waals surface area contributed by atoms with Crippen LogP contribution >= 0.6 is 0 Å². The van der Waals surface area contributed by atoms with Crippen molar-refractivity contribution in [1.29, 1.82) is 5.26 Å². The van der Waals surface area contributed by atoms with Crippen molar-refractivity contribution in [2.45, 2.75) is 38.1 Å². The first-order valence-corrected chi connectivity index (χ1v) is 11.6. The molecule has 7 nitrogen and oxygen atoms in total. The zero-order valence-corrected chi connectivity index (χ0v) is 18.5. The number of hydrogen-bond donors (Lipinski definition) is 2. The Morgan fingerprint density at radius 3 is 2.88 bits per heavy atom. The monoisotopic (exact) mass is 441 g/mol. The van der Waals surface area contributed by atoms with Gasteiger partial charge in [0.1, 0.15) is 11.8 Å². The minimum absolute atomic E-state index is 0.000183. The van der Waals surface area contributed by atoms with E-state index in [1.165, 1.54) is 37.7 Å². The number of carbonyl (C=O) groups excluding carboxylic acids is 1. The Labute approximate surface area is 193 Å². The Hall–Kier alpha value is -3.79. The fourth-order valence-electron chi connectivity index (χ4n) is 4.88. The maximum absolute atomic E-state index is 12.6. The van der Waals surface area contributed by atoms with Crippen molar-refractivity contribution in [2.24, 2.45) is 5.92 Å². The van der Waals surface area contributed by atoms with Crippen molar-refractivity contribution in [3.8, 4) is 23.1 Å². The van der Waals surface area contributed by atoms with E-state index in [0.717, 1.165) is 11.3 Å². The van der Waals surface area contributed by atoms with Crippen LogP contribution in [0.5, 0.6) is 5.75 Å². The van der Waals surface area contributed by atoms with E-state index in [0.29, 0.717) is 36.1 Å². The predicted octanol–water partition coefficient (Wildman–Crippen LogP) is 5.11. The molecule has 0 saturated heterocycles. The summed E-state index contributed by atoms with van der Waals surface area (Å²) in [7, 11) is 0. The Morgan fingerprint density at radius 2 is 2.03 bits per heavy atom. The van der Waals surface area contributed by atoms with Gasteiger partial charge >= 0.3 is 6.03 Å². The van der Waals surface area contributed by atoms with Gasteiger partial charge in [-0.2, -0.15) is 5.26 Å². The van der Waals surface area contributed by atoms with Crippen LogP contribution in [0.4, 0.5) is 10.5 Å². The van der Waals surface area contributed by atoms with E-state index in [9.17, 15) is 10.1 Å². The molecule has 1 saturated carbocycles. The topological polar surface area (TPSA) is 92.0 Å². The highest BCUT2D eigenvalue weighted by atomic mass is 16.5. The number of imidazole rings is 1. The third kappa shape index (κ3) is 4.42. The van der Waals surface area contributed by atoms with E-state index in [-0.39, 0.29) is 12.1 Å². The number of nitrogens with zero attached hydrogens (tertiary/aromatic N) is 3. The molecule has 168 valence electrons. The van der Waals surface area contributed by atoms with Crippen LogP contribution in [-0.4, -0.2) is 28.7 Å². The van der Waals surface area contributed by atoms with Crippen molar-refractivity contribution in [3.05, 3.63) is 66.1 Å². The molecule has 7 heteroatoms. The van der Waals surface area contributed by atoms with E-state index in [4.69, 9.17) is 4.74 Å². The van der Waals surface area contributed by atoms with Gasteiger partial charge in [0.05, 0.1) is 36.4 Å². The highest BCUT2D eigenvalue weighted by molar-refractivity contribution is 5.89. The van der Waals surface area contributed by atoms with Crippen molar-refractivity contribution >= 4 is 11.7 Å². The van der Waals surface area contributed by atoms with Crippen LogP contribution < -0.4 is 15.4 Å². The number of carbonyl (C=O) groups is 1. The number of urea groups is 1. The molecule has 0 radical (unpaired) electrons. The molecule has 1 aromatic heterocycles. The molecule has 1 aliphatic carbocycles. The van der Waals surface area contributed by atoms with E-state index in [1.54, 1.807) is 24.5 Å². The van der Waals surface area contributed by atoms with E-state index in [1.807, 2.05) is 18.3 Å².